The predicted molar refractivity (Wildman–Crippen MR) is 135 cm³/mol. The van der Waals surface area contributed by atoms with Crippen molar-refractivity contribution in [2.75, 3.05) is 45.3 Å². The first kappa shape index (κ1) is 25.9. The molecule has 2 aromatic carbocycles. The highest BCUT2D eigenvalue weighted by molar-refractivity contribution is 7.22. The highest BCUT2D eigenvalue weighted by Crippen LogP contribution is 2.34. The van der Waals surface area contributed by atoms with E-state index in [2.05, 4.69) is 13.8 Å². The van der Waals surface area contributed by atoms with Gasteiger partial charge in [0.15, 0.2) is 11.7 Å². The van der Waals surface area contributed by atoms with Crippen LogP contribution < -0.4 is 14.4 Å². The van der Waals surface area contributed by atoms with Crippen molar-refractivity contribution in [2.24, 2.45) is 0 Å². The van der Waals surface area contributed by atoms with E-state index in [9.17, 15) is 4.79 Å². The lowest BCUT2D eigenvalue weighted by Gasteiger charge is -2.22. The molecule has 0 unspecified atom stereocenters. The van der Waals surface area contributed by atoms with Gasteiger partial charge in [0.25, 0.3) is 5.91 Å². The third-order valence-corrected chi connectivity index (χ3v) is 5.93. The molecule has 0 saturated heterocycles. The van der Waals surface area contributed by atoms with Crippen LogP contribution in [0.3, 0.4) is 0 Å². The summed E-state index contributed by atoms with van der Waals surface area (Å²) in [5.41, 5.74) is 2.03. The lowest BCUT2D eigenvalue weighted by atomic mass is 10.0. The van der Waals surface area contributed by atoms with Crippen LogP contribution in [-0.2, 0) is 4.79 Å². The molecule has 0 radical (unpaired) electrons. The van der Waals surface area contributed by atoms with Crippen LogP contribution in [0, 0.1) is 0 Å². The Labute approximate surface area is 200 Å². The number of thiazole rings is 1. The third kappa shape index (κ3) is 6.58. The summed E-state index contributed by atoms with van der Waals surface area (Å²) in [7, 11) is 3.97. The number of nitrogens with zero attached hydrogens (tertiary/aromatic N) is 3. The first-order valence-electron chi connectivity index (χ1n) is 10.6. The summed E-state index contributed by atoms with van der Waals surface area (Å²) >= 11 is 1.49. The molecule has 0 fully saturated rings. The number of anilines is 1. The fraction of sp³-hybridized carbons (Fsp3) is 0.417. The molecule has 3 rings (SSSR count). The molecule has 1 aromatic heterocycles. The summed E-state index contributed by atoms with van der Waals surface area (Å²) in [4.78, 5) is 21.6. The smallest absolute Gasteiger partial charge is 0.266 e. The maximum atomic E-state index is 13.1. The minimum Gasteiger partial charge on any atom is -0.492 e. The molecule has 0 aliphatic heterocycles. The van der Waals surface area contributed by atoms with Crippen molar-refractivity contribution in [2.45, 2.75) is 26.7 Å². The number of amides is 1. The SMILES string of the molecule is CCOc1cccc2sc(N(CCN(C)C)C(=O)COc3ccc(C(C)C)cc3)nc12.Cl. The van der Waals surface area contributed by atoms with Crippen LogP contribution in [0.2, 0.25) is 0 Å². The number of hydrogen-bond donors (Lipinski definition) is 0. The molecule has 174 valence electrons. The second kappa shape index (κ2) is 12.0. The Morgan fingerprint density at radius 1 is 1.06 bits per heavy atom. The average Bonchev–Trinajstić information content (AvgIpc) is 3.17. The van der Waals surface area contributed by atoms with E-state index in [1.165, 1.54) is 16.9 Å². The van der Waals surface area contributed by atoms with Crippen molar-refractivity contribution in [1.82, 2.24) is 9.88 Å². The van der Waals surface area contributed by atoms with Crippen molar-refractivity contribution < 1.29 is 14.3 Å². The summed E-state index contributed by atoms with van der Waals surface area (Å²) < 4.78 is 12.5. The maximum absolute atomic E-state index is 13.1. The summed E-state index contributed by atoms with van der Waals surface area (Å²) in [5, 5.41) is 0.660. The second-order valence-corrected chi connectivity index (χ2v) is 8.90. The lowest BCUT2D eigenvalue weighted by molar-refractivity contribution is -0.120. The first-order valence-corrected chi connectivity index (χ1v) is 11.4. The van der Waals surface area contributed by atoms with E-state index < -0.39 is 0 Å². The third-order valence-electron chi connectivity index (χ3n) is 4.88. The van der Waals surface area contributed by atoms with Gasteiger partial charge in [-0.15, -0.1) is 12.4 Å². The van der Waals surface area contributed by atoms with Crippen LogP contribution in [-0.4, -0.2) is 56.2 Å². The molecule has 0 N–H and O–H groups in total. The summed E-state index contributed by atoms with van der Waals surface area (Å²) in [6.45, 7) is 8.04. The van der Waals surface area contributed by atoms with Gasteiger partial charge in [0.05, 0.1) is 11.3 Å². The Balaban J connectivity index is 0.00000363. The van der Waals surface area contributed by atoms with Gasteiger partial charge in [-0.25, -0.2) is 4.98 Å². The second-order valence-electron chi connectivity index (χ2n) is 7.89. The number of para-hydroxylation sites is 1. The summed E-state index contributed by atoms with van der Waals surface area (Å²) in [6, 6.07) is 13.8. The number of carbonyl (C=O) groups excluding carboxylic acids is 1. The Morgan fingerprint density at radius 2 is 1.78 bits per heavy atom. The van der Waals surface area contributed by atoms with Crippen molar-refractivity contribution in [3.05, 3.63) is 48.0 Å². The van der Waals surface area contributed by atoms with E-state index in [1.54, 1.807) is 4.90 Å². The van der Waals surface area contributed by atoms with Gasteiger partial charge in [-0.1, -0.05) is 43.4 Å². The molecule has 0 saturated carbocycles. The number of hydrogen-bond acceptors (Lipinski definition) is 6. The molecule has 6 nitrogen and oxygen atoms in total. The molecule has 8 heteroatoms. The number of halogens is 1. The molecule has 3 aromatic rings. The number of fused-ring (bicyclic) bond motifs is 1. The van der Waals surface area contributed by atoms with E-state index in [-0.39, 0.29) is 24.9 Å². The van der Waals surface area contributed by atoms with Crippen molar-refractivity contribution in [3.63, 3.8) is 0 Å². The minimum atomic E-state index is -0.119. The van der Waals surface area contributed by atoms with Gasteiger partial charge in [0.2, 0.25) is 0 Å². The Bertz CT molecular complexity index is 1010. The van der Waals surface area contributed by atoms with Gasteiger partial charge in [-0.2, -0.15) is 0 Å². The topological polar surface area (TPSA) is 54.9 Å². The fourth-order valence-corrected chi connectivity index (χ4v) is 4.12. The average molecular weight is 478 g/mol. The molecule has 0 aliphatic rings. The number of aromatic nitrogens is 1. The Hall–Kier alpha value is -2.35. The molecule has 0 spiro atoms. The minimum absolute atomic E-state index is 0. The molecule has 0 aliphatic carbocycles. The monoisotopic (exact) mass is 477 g/mol. The van der Waals surface area contributed by atoms with E-state index in [0.717, 1.165) is 22.5 Å². The molecule has 0 bridgehead atoms. The number of carbonyl (C=O) groups is 1. The zero-order valence-corrected chi connectivity index (χ0v) is 21.0. The van der Waals surface area contributed by atoms with Crippen molar-refractivity contribution in [3.8, 4) is 11.5 Å². The summed E-state index contributed by atoms with van der Waals surface area (Å²) in [6.07, 6.45) is 0. The van der Waals surface area contributed by atoms with Crippen LogP contribution in [0.1, 0.15) is 32.3 Å². The van der Waals surface area contributed by atoms with Gasteiger partial charge in [0, 0.05) is 13.1 Å². The van der Waals surface area contributed by atoms with E-state index in [1.807, 2.05) is 68.4 Å². The maximum Gasteiger partial charge on any atom is 0.266 e. The molecule has 0 atom stereocenters. The van der Waals surface area contributed by atoms with Crippen LogP contribution in [0.4, 0.5) is 5.13 Å². The number of rotatable bonds is 10. The molecule has 1 amide bonds. The van der Waals surface area contributed by atoms with E-state index >= 15 is 0 Å². The Morgan fingerprint density at radius 3 is 2.41 bits per heavy atom. The first-order chi connectivity index (χ1) is 14.9. The fourth-order valence-electron chi connectivity index (χ4n) is 3.10. The molecular formula is C24H32ClN3O3S. The Kier molecular flexibility index (Phi) is 9.75. The number of likely N-dealkylation sites (N-methyl/N-ethyl adjacent to an activating group) is 1. The van der Waals surface area contributed by atoms with Crippen LogP contribution in [0.15, 0.2) is 42.5 Å². The summed E-state index contributed by atoms with van der Waals surface area (Å²) in [5.74, 6) is 1.77. The van der Waals surface area contributed by atoms with Crippen LogP contribution in [0.25, 0.3) is 10.2 Å². The molecule has 1 heterocycles. The van der Waals surface area contributed by atoms with Gasteiger partial charge in [0.1, 0.15) is 17.0 Å². The van der Waals surface area contributed by atoms with Crippen molar-refractivity contribution >= 4 is 45.0 Å². The van der Waals surface area contributed by atoms with Gasteiger partial charge in [-0.05, 0) is 56.8 Å². The van der Waals surface area contributed by atoms with E-state index in [4.69, 9.17) is 14.5 Å². The van der Waals surface area contributed by atoms with Crippen LogP contribution in [0.5, 0.6) is 11.5 Å². The van der Waals surface area contributed by atoms with E-state index in [0.29, 0.717) is 30.0 Å². The predicted octanol–water partition coefficient (Wildman–Crippen LogP) is 5.21. The standard InChI is InChI=1S/C24H31N3O3S.ClH/c1-6-29-20-8-7-9-21-23(20)25-24(31-21)27(15-14-26(4)5)22(28)16-30-19-12-10-18(11-13-19)17(2)3;/h7-13,17H,6,14-16H2,1-5H3;1H. The van der Waals surface area contributed by atoms with Gasteiger partial charge in [-0.3, -0.25) is 9.69 Å². The molecular weight excluding hydrogens is 446 g/mol. The molecule has 32 heavy (non-hydrogen) atoms. The van der Waals surface area contributed by atoms with Gasteiger partial charge < -0.3 is 14.4 Å². The number of ether oxygens (including phenoxy) is 2. The highest BCUT2D eigenvalue weighted by atomic mass is 35.5. The van der Waals surface area contributed by atoms with Crippen LogP contribution >= 0.6 is 23.7 Å². The quantitative estimate of drug-likeness (QED) is 0.401. The zero-order valence-electron chi connectivity index (χ0n) is 19.3. The lowest BCUT2D eigenvalue weighted by Crippen LogP contribution is -2.39. The number of benzene rings is 2. The highest BCUT2D eigenvalue weighted by Gasteiger charge is 2.21. The largest absolute Gasteiger partial charge is 0.492 e. The van der Waals surface area contributed by atoms with Crippen molar-refractivity contribution in [1.29, 1.82) is 0 Å². The zero-order chi connectivity index (χ0) is 22.4. The van der Waals surface area contributed by atoms with Gasteiger partial charge >= 0.3 is 0 Å². The normalized spacial score (nSPS) is 11.0.